The van der Waals surface area contributed by atoms with Gasteiger partial charge in [-0.15, -0.1) is 11.6 Å². The lowest BCUT2D eigenvalue weighted by Crippen LogP contribution is -2.36. The van der Waals surface area contributed by atoms with E-state index < -0.39 is 4.87 Å². The van der Waals surface area contributed by atoms with E-state index in [1.807, 2.05) is 32.9 Å². The summed E-state index contributed by atoms with van der Waals surface area (Å²) in [5.41, 5.74) is 3.17. The third-order valence-electron chi connectivity index (χ3n) is 3.45. The summed E-state index contributed by atoms with van der Waals surface area (Å²) in [5.74, 6) is 0.169. The summed E-state index contributed by atoms with van der Waals surface area (Å²) in [4.78, 5) is 12.0. The maximum absolute atomic E-state index is 12.4. The maximum atomic E-state index is 12.4. The Morgan fingerprint density at radius 3 is 2.69 bits per heavy atom. The largest absolute Gasteiger partial charge is 0.294 e. The minimum atomic E-state index is -0.447. The highest BCUT2D eigenvalue weighted by Gasteiger charge is 2.37. The van der Waals surface area contributed by atoms with Crippen molar-refractivity contribution in [3.8, 4) is 0 Å². The highest BCUT2D eigenvalue weighted by atomic mass is 35.5. The molecule has 0 saturated heterocycles. The molecule has 1 atom stereocenters. The normalized spacial score (nSPS) is 20.8. The predicted octanol–water partition coefficient (Wildman–Crippen LogP) is 3.76. The van der Waals surface area contributed by atoms with Gasteiger partial charge in [-0.05, 0) is 44.7 Å². The molecule has 0 fully saturated rings. The van der Waals surface area contributed by atoms with Gasteiger partial charge in [0.2, 0.25) is 0 Å². The van der Waals surface area contributed by atoms with Crippen LogP contribution in [0.1, 0.15) is 41.8 Å². The van der Waals surface area contributed by atoms with Gasteiger partial charge in [0, 0.05) is 16.4 Å². The molecule has 0 bridgehead atoms. The van der Waals surface area contributed by atoms with Gasteiger partial charge in [-0.25, -0.2) is 0 Å². The second-order valence-electron chi connectivity index (χ2n) is 5.13. The molecule has 0 aliphatic heterocycles. The second kappa shape index (κ2) is 3.89. The second-order valence-corrected chi connectivity index (χ2v) is 6.10. The van der Waals surface area contributed by atoms with E-state index in [1.165, 1.54) is 5.56 Å². The number of carbonyl (C=O) groups excluding carboxylic acids is 1. The monoisotopic (exact) mass is 236 g/mol. The van der Waals surface area contributed by atoms with Gasteiger partial charge in [-0.3, -0.25) is 4.79 Å². The van der Waals surface area contributed by atoms with Crippen LogP contribution in [0, 0.1) is 12.8 Å². The summed E-state index contributed by atoms with van der Waals surface area (Å²) in [6, 6.07) is 6.08. The van der Waals surface area contributed by atoms with Crippen molar-refractivity contribution in [2.75, 3.05) is 0 Å². The number of hydrogen-bond donors (Lipinski definition) is 0. The molecule has 1 aliphatic rings. The van der Waals surface area contributed by atoms with Crippen molar-refractivity contribution in [1.82, 2.24) is 0 Å². The van der Waals surface area contributed by atoms with Gasteiger partial charge in [-0.1, -0.05) is 18.2 Å². The Morgan fingerprint density at radius 2 is 2.06 bits per heavy atom. The van der Waals surface area contributed by atoms with E-state index in [0.29, 0.717) is 0 Å². The van der Waals surface area contributed by atoms with Gasteiger partial charge in [0.15, 0.2) is 5.78 Å². The highest BCUT2D eigenvalue weighted by molar-refractivity contribution is 6.26. The number of Topliss-reactive ketones (excluding diaryl/α,β-unsaturated/α-hetero) is 1. The molecule has 2 heteroatoms. The summed E-state index contributed by atoms with van der Waals surface area (Å²) >= 11 is 6.30. The summed E-state index contributed by atoms with van der Waals surface area (Å²) < 4.78 is 0. The summed E-state index contributed by atoms with van der Waals surface area (Å²) in [7, 11) is 0. The number of alkyl halides is 1. The van der Waals surface area contributed by atoms with Crippen LogP contribution in [0.4, 0.5) is 0 Å². The van der Waals surface area contributed by atoms with Gasteiger partial charge in [0.25, 0.3) is 0 Å². The molecule has 1 aromatic carbocycles. The van der Waals surface area contributed by atoms with E-state index in [9.17, 15) is 4.79 Å². The lowest BCUT2D eigenvalue weighted by Gasteiger charge is -2.32. The molecular formula is C14H17ClO. The van der Waals surface area contributed by atoms with E-state index >= 15 is 0 Å². The van der Waals surface area contributed by atoms with Gasteiger partial charge < -0.3 is 0 Å². The highest BCUT2D eigenvalue weighted by Crippen LogP contribution is 2.36. The van der Waals surface area contributed by atoms with E-state index in [1.54, 1.807) is 0 Å². The Morgan fingerprint density at radius 1 is 1.38 bits per heavy atom. The smallest absolute Gasteiger partial charge is 0.168 e. The zero-order valence-electron chi connectivity index (χ0n) is 10.0. The molecule has 1 nitrogen and oxygen atoms in total. The molecule has 1 aromatic rings. The van der Waals surface area contributed by atoms with Crippen LogP contribution in [0.2, 0.25) is 0 Å². The SMILES string of the molecule is Cc1cccc2c1C(=O)C(C(C)(C)Cl)CC2. The van der Waals surface area contributed by atoms with Gasteiger partial charge in [-0.2, -0.15) is 0 Å². The lowest BCUT2D eigenvalue weighted by molar-refractivity contribution is 0.0876. The van der Waals surface area contributed by atoms with Crippen molar-refractivity contribution >= 4 is 17.4 Å². The van der Waals surface area contributed by atoms with Crippen molar-refractivity contribution in [3.63, 3.8) is 0 Å². The van der Waals surface area contributed by atoms with Gasteiger partial charge >= 0.3 is 0 Å². The standard InChI is InChI=1S/C14H17ClO/c1-9-5-4-6-10-7-8-11(14(2,3)15)13(16)12(9)10/h4-6,11H,7-8H2,1-3H3. The van der Waals surface area contributed by atoms with Gasteiger partial charge in [0.1, 0.15) is 0 Å². The zero-order chi connectivity index (χ0) is 11.9. The molecule has 16 heavy (non-hydrogen) atoms. The van der Waals surface area contributed by atoms with Crippen LogP contribution in [0.15, 0.2) is 18.2 Å². The fourth-order valence-corrected chi connectivity index (χ4v) is 2.76. The average molecular weight is 237 g/mol. The minimum absolute atomic E-state index is 0.0530. The van der Waals surface area contributed by atoms with E-state index in [0.717, 1.165) is 24.0 Å². The maximum Gasteiger partial charge on any atom is 0.168 e. The van der Waals surface area contributed by atoms with E-state index in [2.05, 4.69) is 6.07 Å². The fraction of sp³-hybridized carbons (Fsp3) is 0.500. The molecule has 86 valence electrons. The number of carbonyl (C=O) groups is 1. The number of ketones is 1. The number of benzene rings is 1. The number of aryl methyl sites for hydroxylation is 2. The first kappa shape index (κ1) is 11.7. The fourth-order valence-electron chi connectivity index (χ4n) is 2.55. The summed E-state index contributed by atoms with van der Waals surface area (Å²) in [5, 5.41) is 0. The van der Waals surface area contributed by atoms with Crippen LogP contribution in [0.3, 0.4) is 0 Å². The van der Waals surface area contributed by atoms with Crippen LogP contribution >= 0.6 is 11.6 Å². The molecule has 1 unspecified atom stereocenters. The van der Waals surface area contributed by atoms with Crippen LogP contribution in [0.25, 0.3) is 0 Å². The van der Waals surface area contributed by atoms with Crippen LogP contribution < -0.4 is 0 Å². The topological polar surface area (TPSA) is 17.1 Å². The molecule has 0 heterocycles. The van der Waals surface area contributed by atoms with Crippen molar-refractivity contribution in [3.05, 3.63) is 34.9 Å². The minimum Gasteiger partial charge on any atom is -0.294 e. The molecule has 0 amide bonds. The third kappa shape index (κ3) is 1.89. The molecule has 0 aromatic heterocycles. The Labute approximate surface area is 102 Å². The molecule has 1 aliphatic carbocycles. The lowest BCUT2D eigenvalue weighted by atomic mass is 9.75. The molecule has 2 rings (SSSR count). The quantitative estimate of drug-likeness (QED) is 0.679. The number of rotatable bonds is 1. The van der Waals surface area contributed by atoms with E-state index in [4.69, 9.17) is 11.6 Å². The number of halogens is 1. The van der Waals surface area contributed by atoms with Crippen molar-refractivity contribution in [2.24, 2.45) is 5.92 Å². The molecule has 0 N–H and O–H groups in total. The Hall–Kier alpha value is -0.820. The van der Waals surface area contributed by atoms with Gasteiger partial charge in [0.05, 0.1) is 0 Å². The first-order valence-corrected chi connectivity index (χ1v) is 6.10. The Bertz CT molecular complexity index is 429. The van der Waals surface area contributed by atoms with Crippen LogP contribution in [-0.2, 0) is 6.42 Å². The van der Waals surface area contributed by atoms with Crippen molar-refractivity contribution in [1.29, 1.82) is 0 Å². The first-order valence-electron chi connectivity index (χ1n) is 5.73. The van der Waals surface area contributed by atoms with E-state index in [-0.39, 0.29) is 11.7 Å². The van der Waals surface area contributed by atoms with Crippen LogP contribution in [-0.4, -0.2) is 10.7 Å². The third-order valence-corrected chi connectivity index (χ3v) is 3.72. The first-order chi connectivity index (χ1) is 7.41. The van der Waals surface area contributed by atoms with Crippen molar-refractivity contribution in [2.45, 2.75) is 38.5 Å². The summed E-state index contributed by atoms with van der Waals surface area (Å²) in [6.07, 6.45) is 1.83. The molecule has 0 spiro atoms. The molecular weight excluding hydrogens is 220 g/mol. The van der Waals surface area contributed by atoms with Crippen molar-refractivity contribution < 1.29 is 4.79 Å². The number of hydrogen-bond acceptors (Lipinski definition) is 1. The Balaban J connectivity index is 2.47. The predicted molar refractivity (Wildman–Crippen MR) is 67.3 cm³/mol. The number of fused-ring (bicyclic) bond motifs is 1. The zero-order valence-corrected chi connectivity index (χ0v) is 10.8. The Kier molecular flexibility index (Phi) is 2.83. The molecule has 0 saturated carbocycles. The molecule has 0 radical (unpaired) electrons. The van der Waals surface area contributed by atoms with Crippen LogP contribution in [0.5, 0.6) is 0 Å². The summed E-state index contributed by atoms with van der Waals surface area (Å²) in [6.45, 7) is 5.86. The average Bonchev–Trinajstić information content (AvgIpc) is 2.16.